The van der Waals surface area contributed by atoms with Gasteiger partial charge in [-0.3, -0.25) is 4.79 Å². The number of hydrogen-bond acceptors (Lipinski definition) is 4. The lowest BCUT2D eigenvalue weighted by Gasteiger charge is -2.22. The number of thioether (sulfide) groups is 1. The van der Waals surface area contributed by atoms with Gasteiger partial charge >= 0.3 is 0 Å². The summed E-state index contributed by atoms with van der Waals surface area (Å²) < 4.78 is 0.253. The van der Waals surface area contributed by atoms with Crippen LogP contribution < -0.4 is 5.32 Å². The number of rotatable bonds is 3. The van der Waals surface area contributed by atoms with Crippen molar-refractivity contribution in [2.24, 2.45) is 0 Å². The minimum Gasteiger partial charge on any atom is -0.368 e. The Bertz CT molecular complexity index is 502. The van der Waals surface area contributed by atoms with Gasteiger partial charge in [-0.1, -0.05) is 19.9 Å². The first-order valence-electron chi connectivity index (χ1n) is 7.54. The first-order valence-corrected chi connectivity index (χ1v) is 8.53. The van der Waals surface area contributed by atoms with Gasteiger partial charge in [0.1, 0.15) is 11.5 Å². The molecule has 0 atom stereocenters. The summed E-state index contributed by atoms with van der Waals surface area (Å²) in [5, 5.41) is 3.24. The van der Waals surface area contributed by atoms with Gasteiger partial charge in [-0.15, -0.1) is 0 Å². The van der Waals surface area contributed by atoms with Crippen LogP contribution in [-0.2, 0) is 0 Å². The molecule has 0 unspecified atom stereocenters. The second-order valence-corrected chi connectivity index (χ2v) is 8.16. The quantitative estimate of drug-likeness (QED) is 0.931. The van der Waals surface area contributed by atoms with E-state index in [2.05, 4.69) is 38.0 Å². The molecule has 0 aromatic carbocycles. The van der Waals surface area contributed by atoms with E-state index >= 15 is 0 Å². The van der Waals surface area contributed by atoms with Crippen LogP contribution in [0.25, 0.3) is 0 Å². The molecule has 1 saturated heterocycles. The van der Waals surface area contributed by atoms with Crippen molar-refractivity contribution >= 4 is 23.5 Å². The van der Waals surface area contributed by atoms with Crippen molar-refractivity contribution in [2.75, 3.05) is 24.2 Å². The Morgan fingerprint density at radius 3 is 2.86 bits per heavy atom. The number of nitrogens with one attached hydrogen (secondary N) is 1. The topological polar surface area (TPSA) is 45.2 Å². The third-order valence-corrected chi connectivity index (χ3v) is 4.90. The first kappa shape index (κ1) is 16.1. The summed E-state index contributed by atoms with van der Waals surface area (Å²) in [6.07, 6.45) is 1.02. The van der Waals surface area contributed by atoms with Gasteiger partial charge in [-0.2, -0.15) is 11.8 Å². The van der Waals surface area contributed by atoms with E-state index in [1.165, 1.54) is 0 Å². The highest BCUT2D eigenvalue weighted by Crippen LogP contribution is 2.31. The van der Waals surface area contributed by atoms with Crippen LogP contribution in [0, 0.1) is 0 Å². The largest absolute Gasteiger partial charge is 0.368 e. The van der Waals surface area contributed by atoms with Gasteiger partial charge in [0.25, 0.3) is 5.91 Å². The van der Waals surface area contributed by atoms with Gasteiger partial charge in [0.15, 0.2) is 0 Å². The standard InChI is InChI=1S/C16H25N3OS/c1-12(2)17-14-7-5-6-13(18-14)15(20)19-9-8-16(3,4)21-11-10-19/h5-7,12H,8-11H2,1-4H3,(H,17,18). The van der Waals surface area contributed by atoms with Gasteiger partial charge in [-0.25, -0.2) is 4.98 Å². The van der Waals surface area contributed by atoms with Gasteiger partial charge in [-0.05, 0) is 32.4 Å². The molecular weight excluding hydrogens is 282 g/mol. The Morgan fingerprint density at radius 1 is 1.38 bits per heavy atom. The summed E-state index contributed by atoms with van der Waals surface area (Å²) in [6.45, 7) is 10.2. The molecule has 1 amide bonds. The summed E-state index contributed by atoms with van der Waals surface area (Å²) in [4.78, 5) is 19.0. The summed E-state index contributed by atoms with van der Waals surface area (Å²) in [5.41, 5.74) is 0.533. The zero-order valence-electron chi connectivity index (χ0n) is 13.3. The van der Waals surface area contributed by atoms with Crippen LogP contribution in [0.15, 0.2) is 18.2 Å². The Balaban J connectivity index is 2.09. The van der Waals surface area contributed by atoms with Crippen LogP contribution in [0.1, 0.15) is 44.6 Å². The van der Waals surface area contributed by atoms with Gasteiger partial charge in [0.2, 0.25) is 0 Å². The molecule has 4 nitrogen and oxygen atoms in total. The molecule has 1 aromatic rings. The molecular formula is C16H25N3OS. The highest BCUT2D eigenvalue weighted by molar-refractivity contribution is 8.00. The van der Waals surface area contributed by atoms with Crippen molar-refractivity contribution in [1.29, 1.82) is 0 Å². The maximum absolute atomic E-state index is 12.6. The SMILES string of the molecule is CC(C)Nc1cccc(C(=O)N2CCSC(C)(C)CC2)n1. The van der Waals surface area contributed by atoms with E-state index < -0.39 is 0 Å². The maximum Gasteiger partial charge on any atom is 0.272 e. The van der Waals surface area contributed by atoms with Crippen LogP contribution >= 0.6 is 11.8 Å². The zero-order valence-corrected chi connectivity index (χ0v) is 14.2. The molecule has 21 heavy (non-hydrogen) atoms. The number of aromatic nitrogens is 1. The number of nitrogens with zero attached hydrogens (tertiary/aromatic N) is 2. The number of anilines is 1. The molecule has 1 N–H and O–H groups in total. The summed E-state index contributed by atoms with van der Waals surface area (Å²) >= 11 is 1.94. The van der Waals surface area contributed by atoms with Gasteiger partial charge in [0, 0.05) is 29.6 Å². The third kappa shape index (κ3) is 4.63. The minimum atomic E-state index is 0.0423. The van der Waals surface area contributed by atoms with Gasteiger partial charge in [0.05, 0.1) is 0 Å². The lowest BCUT2D eigenvalue weighted by atomic mass is 10.1. The minimum absolute atomic E-state index is 0.0423. The van der Waals surface area contributed by atoms with Crippen molar-refractivity contribution in [2.45, 2.75) is 44.9 Å². The van der Waals surface area contributed by atoms with Crippen LogP contribution in [0.3, 0.4) is 0 Å². The summed E-state index contributed by atoms with van der Waals surface area (Å²) in [6, 6.07) is 5.90. The third-order valence-electron chi connectivity index (χ3n) is 3.53. The smallest absolute Gasteiger partial charge is 0.272 e. The van der Waals surface area contributed by atoms with Crippen molar-refractivity contribution in [3.8, 4) is 0 Å². The molecule has 1 fully saturated rings. The molecule has 0 radical (unpaired) electrons. The van der Waals surface area contributed by atoms with E-state index in [1.807, 2.05) is 28.8 Å². The van der Waals surface area contributed by atoms with E-state index in [1.54, 1.807) is 6.07 Å². The molecule has 0 aliphatic carbocycles. The lowest BCUT2D eigenvalue weighted by Crippen LogP contribution is -2.34. The van der Waals surface area contributed by atoms with Crippen LogP contribution in [-0.4, -0.2) is 45.4 Å². The molecule has 1 aliphatic rings. The normalized spacial score (nSPS) is 18.4. The van der Waals surface area contributed by atoms with Crippen LogP contribution in [0.5, 0.6) is 0 Å². The second kappa shape index (κ2) is 6.69. The number of amides is 1. The number of carbonyl (C=O) groups excluding carboxylic acids is 1. The van der Waals surface area contributed by atoms with E-state index in [9.17, 15) is 4.79 Å². The monoisotopic (exact) mass is 307 g/mol. The highest BCUT2D eigenvalue weighted by Gasteiger charge is 2.26. The Labute approximate surface area is 131 Å². The Hall–Kier alpha value is -1.23. The van der Waals surface area contributed by atoms with Crippen LogP contribution in [0.4, 0.5) is 5.82 Å². The first-order chi connectivity index (χ1) is 9.87. The van der Waals surface area contributed by atoms with Crippen molar-refractivity contribution < 1.29 is 4.79 Å². The zero-order chi connectivity index (χ0) is 15.5. The van der Waals surface area contributed by atoms with Gasteiger partial charge < -0.3 is 10.2 Å². The highest BCUT2D eigenvalue weighted by atomic mass is 32.2. The fraction of sp³-hybridized carbons (Fsp3) is 0.625. The Morgan fingerprint density at radius 2 is 2.14 bits per heavy atom. The predicted molar refractivity (Wildman–Crippen MR) is 90.1 cm³/mol. The number of hydrogen-bond donors (Lipinski definition) is 1. The number of carbonyl (C=O) groups is 1. The molecule has 116 valence electrons. The fourth-order valence-electron chi connectivity index (χ4n) is 2.32. The van der Waals surface area contributed by atoms with Crippen molar-refractivity contribution in [1.82, 2.24) is 9.88 Å². The van der Waals surface area contributed by atoms with E-state index in [0.29, 0.717) is 11.7 Å². The lowest BCUT2D eigenvalue weighted by molar-refractivity contribution is 0.0759. The summed E-state index contributed by atoms with van der Waals surface area (Å²) in [7, 11) is 0. The molecule has 2 rings (SSSR count). The van der Waals surface area contributed by atoms with Crippen LogP contribution in [0.2, 0.25) is 0 Å². The Kier molecular flexibility index (Phi) is 5.14. The van der Waals surface area contributed by atoms with E-state index in [-0.39, 0.29) is 10.7 Å². The van der Waals surface area contributed by atoms with E-state index in [4.69, 9.17) is 0 Å². The number of pyridine rings is 1. The fourth-order valence-corrected chi connectivity index (χ4v) is 3.42. The molecule has 0 saturated carbocycles. The maximum atomic E-state index is 12.6. The van der Waals surface area contributed by atoms with Crippen molar-refractivity contribution in [3.05, 3.63) is 23.9 Å². The molecule has 0 bridgehead atoms. The molecule has 2 heterocycles. The average Bonchev–Trinajstić information content (AvgIpc) is 2.58. The summed E-state index contributed by atoms with van der Waals surface area (Å²) in [5.74, 6) is 1.80. The molecule has 5 heteroatoms. The van der Waals surface area contributed by atoms with E-state index in [0.717, 1.165) is 31.1 Å². The predicted octanol–water partition coefficient (Wildman–Crippen LogP) is 3.26. The second-order valence-electron chi connectivity index (χ2n) is 6.36. The van der Waals surface area contributed by atoms with Crippen molar-refractivity contribution in [3.63, 3.8) is 0 Å². The molecule has 0 spiro atoms. The molecule has 1 aromatic heterocycles. The molecule has 1 aliphatic heterocycles. The average molecular weight is 307 g/mol.